The van der Waals surface area contributed by atoms with Gasteiger partial charge in [0.1, 0.15) is 0 Å². The summed E-state index contributed by atoms with van der Waals surface area (Å²) >= 11 is 0. The second-order valence-electron chi connectivity index (χ2n) is 3.72. The number of nitro groups is 1. The van der Waals surface area contributed by atoms with Crippen molar-refractivity contribution in [3.05, 3.63) is 34.4 Å². The van der Waals surface area contributed by atoms with Crippen molar-refractivity contribution in [1.82, 2.24) is 20.4 Å². The first kappa shape index (κ1) is 11.8. The molecule has 18 heavy (non-hydrogen) atoms. The van der Waals surface area contributed by atoms with Crippen LogP contribution in [0.25, 0.3) is 11.4 Å². The summed E-state index contributed by atoms with van der Waals surface area (Å²) in [5, 5.41) is 26.1. The van der Waals surface area contributed by atoms with Crippen LogP contribution in [0.3, 0.4) is 0 Å². The Morgan fingerprint density at radius 2 is 1.61 bits per heavy atom. The summed E-state index contributed by atoms with van der Waals surface area (Å²) in [6.07, 6.45) is 0. The van der Waals surface area contributed by atoms with Crippen LogP contribution in [0.1, 0.15) is 0 Å². The van der Waals surface area contributed by atoms with E-state index in [-0.39, 0.29) is 5.69 Å². The summed E-state index contributed by atoms with van der Waals surface area (Å²) in [5.41, 5.74) is 0.649. The predicted molar refractivity (Wildman–Crippen MR) is 64.0 cm³/mol. The SMILES string of the molecule is CN(C)c1nnc(-c2ccc([N+](=O)[O-])cc2)nn1. The normalized spacial score (nSPS) is 10.1. The third-order valence-electron chi connectivity index (χ3n) is 2.20. The van der Waals surface area contributed by atoms with Gasteiger partial charge in [-0.3, -0.25) is 10.1 Å². The molecule has 1 aromatic heterocycles. The van der Waals surface area contributed by atoms with Crippen LogP contribution in [0.4, 0.5) is 11.6 Å². The molecule has 92 valence electrons. The molecule has 0 N–H and O–H groups in total. The zero-order chi connectivity index (χ0) is 13.1. The van der Waals surface area contributed by atoms with Crippen LogP contribution >= 0.6 is 0 Å². The third-order valence-corrected chi connectivity index (χ3v) is 2.20. The van der Waals surface area contributed by atoms with Gasteiger partial charge in [0.2, 0.25) is 5.82 Å². The van der Waals surface area contributed by atoms with Crippen LogP contribution < -0.4 is 4.90 Å². The molecule has 1 heterocycles. The monoisotopic (exact) mass is 246 g/mol. The highest BCUT2D eigenvalue weighted by molar-refractivity contribution is 5.56. The summed E-state index contributed by atoms with van der Waals surface area (Å²) in [4.78, 5) is 11.7. The summed E-state index contributed by atoms with van der Waals surface area (Å²) in [6, 6.07) is 5.90. The first-order valence-electron chi connectivity index (χ1n) is 5.07. The van der Waals surface area contributed by atoms with E-state index in [1.165, 1.54) is 12.1 Å². The van der Waals surface area contributed by atoms with Gasteiger partial charge in [-0.1, -0.05) is 0 Å². The lowest BCUT2D eigenvalue weighted by molar-refractivity contribution is -0.384. The number of anilines is 1. The van der Waals surface area contributed by atoms with E-state index in [1.54, 1.807) is 31.1 Å². The van der Waals surface area contributed by atoms with Crippen LogP contribution in [0.15, 0.2) is 24.3 Å². The summed E-state index contributed by atoms with van der Waals surface area (Å²) in [6.45, 7) is 0. The first-order chi connectivity index (χ1) is 8.58. The highest BCUT2D eigenvalue weighted by Gasteiger charge is 2.08. The van der Waals surface area contributed by atoms with E-state index in [0.29, 0.717) is 17.3 Å². The average Bonchev–Trinajstić information content (AvgIpc) is 2.39. The Morgan fingerprint density at radius 1 is 1.06 bits per heavy atom. The van der Waals surface area contributed by atoms with Crippen molar-refractivity contribution in [2.24, 2.45) is 0 Å². The summed E-state index contributed by atoms with van der Waals surface area (Å²) < 4.78 is 0. The number of benzene rings is 1. The van der Waals surface area contributed by atoms with Crippen LogP contribution in [0, 0.1) is 10.1 Å². The van der Waals surface area contributed by atoms with E-state index in [9.17, 15) is 10.1 Å². The van der Waals surface area contributed by atoms with Crippen molar-refractivity contribution in [3.8, 4) is 11.4 Å². The molecule has 0 radical (unpaired) electrons. The molecule has 0 unspecified atom stereocenters. The van der Waals surface area contributed by atoms with Crippen LogP contribution in [0.5, 0.6) is 0 Å². The molecular weight excluding hydrogens is 236 g/mol. The Kier molecular flexibility index (Phi) is 3.09. The minimum atomic E-state index is -0.462. The Balaban J connectivity index is 2.28. The molecule has 0 bridgehead atoms. The fraction of sp³-hybridized carbons (Fsp3) is 0.200. The maximum absolute atomic E-state index is 10.5. The number of nitro benzene ring substituents is 1. The Labute approximate surface area is 102 Å². The highest BCUT2D eigenvalue weighted by Crippen LogP contribution is 2.18. The van der Waals surface area contributed by atoms with E-state index < -0.39 is 4.92 Å². The molecular formula is C10H10N6O2. The van der Waals surface area contributed by atoms with Gasteiger partial charge in [0.15, 0.2) is 0 Å². The smallest absolute Gasteiger partial charge is 0.269 e. The molecule has 0 atom stereocenters. The molecule has 1 aromatic carbocycles. The van der Waals surface area contributed by atoms with Crippen molar-refractivity contribution in [2.75, 3.05) is 19.0 Å². The zero-order valence-corrected chi connectivity index (χ0v) is 9.81. The van der Waals surface area contributed by atoms with Crippen LogP contribution in [-0.4, -0.2) is 39.4 Å². The molecule has 0 fully saturated rings. The molecule has 8 heteroatoms. The van der Waals surface area contributed by atoms with Crippen molar-refractivity contribution in [3.63, 3.8) is 0 Å². The van der Waals surface area contributed by atoms with Crippen LogP contribution in [-0.2, 0) is 0 Å². The molecule has 0 aliphatic heterocycles. The fourth-order valence-corrected chi connectivity index (χ4v) is 1.25. The lowest BCUT2D eigenvalue weighted by Gasteiger charge is -2.07. The zero-order valence-electron chi connectivity index (χ0n) is 9.81. The molecule has 0 saturated carbocycles. The highest BCUT2D eigenvalue weighted by atomic mass is 16.6. The molecule has 0 spiro atoms. The van der Waals surface area contributed by atoms with Gasteiger partial charge in [-0.15, -0.1) is 20.4 Å². The number of nitrogens with zero attached hydrogens (tertiary/aromatic N) is 6. The molecule has 2 rings (SSSR count). The molecule has 0 saturated heterocycles. The largest absolute Gasteiger partial charge is 0.344 e. The van der Waals surface area contributed by atoms with E-state index >= 15 is 0 Å². The number of hydrogen-bond acceptors (Lipinski definition) is 7. The van der Waals surface area contributed by atoms with E-state index in [0.717, 1.165) is 0 Å². The first-order valence-corrected chi connectivity index (χ1v) is 5.07. The second kappa shape index (κ2) is 4.70. The summed E-state index contributed by atoms with van der Waals surface area (Å²) in [5.74, 6) is 0.733. The van der Waals surface area contributed by atoms with Gasteiger partial charge in [-0.05, 0) is 12.1 Å². The fourth-order valence-electron chi connectivity index (χ4n) is 1.25. The van der Waals surface area contributed by atoms with Crippen molar-refractivity contribution >= 4 is 11.6 Å². The molecule has 0 aliphatic carbocycles. The Morgan fingerprint density at radius 3 is 2.06 bits per heavy atom. The van der Waals surface area contributed by atoms with Crippen molar-refractivity contribution < 1.29 is 4.92 Å². The summed E-state index contributed by atoms with van der Waals surface area (Å²) in [7, 11) is 3.56. The van der Waals surface area contributed by atoms with Gasteiger partial charge >= 0.3 is 0 Å². The van der Waals surface area contributed by atoms with Crippen molar-refractivity contribution in [1.29, 1.82) is 0 Å². The Bertz CT molecular complexity index is 552. The molecule has 0 amide bonds. The van der Waals surface area contributed by atoms with Crippen LogP contribution in [0.2, 0.25) is 0 Å². The van der Waals surface area contributed by atoms with E-state index in [2.05, 4.69) is 20.4 Å². The average molecular weight is 246 g/mol. The maximum atomic E-state index is 10.5. The quantitative estimate of drug-likeness (QED) is 0.586. The third kappa shape index (κ3) is 2.37. The number of rotatable bonds is 3. The lowest BCUT2D eigenvalue weighted by atomic mass is 10.2. The van der Waals surface area contributed by atoms with Gasteiger partial charge in [0, 0.05) is 31.8 Å². The van der Waals surface area contributed by atoms with Gasteiger partial charge in [-0.2, -0.15) is 0 Å². The van der Waals surface area contributed by atoms with Gasteiger partial charge in [-0.25, -0.2) is 0 Å². The molecule has 2 aromatic rings. The minimum absolute atomic E-state index is 0.0181. The number of aromatic nitrogens is 4. The van der Waals surface area contributed by atoms with E-state index in [4.69, 9.17) is 0 Å². The lowest BCUT2D eigenvalue weighted by Crippen LogP contribution is -2.14. The van der Waals surface area contributed by atoms with Crippen molar-refractivity contribution in [2.45, 2.75) is 0 Å². The number of hydrogen-bond donors (Lipinski definition) is 0. The second-order valence-corrected chi connectivity index (χ2v) is 3.72. The predicted octanol–water partition coefficient (Wildman–Crippen LogP) is 0.908. The Hall–Kier alpha value is -2.64. The van der Waals surface area contributed by atoms with Gasteiger partial charge in [0.05, 0.1) is 4.92 Å². The molecule has 0 aliphatic rings. The van der Waals surface area contributed by atoms with Gasteiger partial charge in [0.25, 0.3) is 11.6 Å². The van der Waals surface area contributed by atoms with E-state index in [1.807, 2.05) is 0 Å². The minimum Gasteiger partial charge on any atom is -0.344 e. The molecule has 8 nitrogen and oxygen atoms in total. The topological polar surface area (TPSA) is 97.9 Å². The maximum Gasteiger partial charge on any atom is 0.269 e. The van der Waals surface area contributed by atoms with Gasteiger partial charge < -0.3 is 4.90 Å². The standard InChI is InChI=1S/C10H10N6O2/c1-15(2)10-13-11-9(12-14-10)7-3-5-8(6-4-7)16(17)18/h3-6H,1-2H3. The number of non-ortho nitro benzene ring substituents is 1.